The molecule has 27 heavy (non-hydrogen) atoms. The first kappa shape index (κ1) is 17.9. The summed E-state index contributed by atoms with van der Waals surface area (Å²) in [5, 5.41) is 3.97. The second-order valence-electron chi connectivity index (χ2n) is 5.66. The highest BCUT2D eigenvalue weighted by molar-refractivity contribution is 5.95. The van der Waals surface area contributed by atoms with Crippen LogP contribution in [0.15, 0.2) is 78.2 Å². The number of nitrogens with two attached hydrogens (primary N) is 1. The minimum Gasteiger partial charge on any atom is -0.484 e. The number of carbonyl (C=O) groups is 2. The van der Waals surface area contributed by atoms with Crippen LogP contribution in [0.2, 0.25) is 0 Å². The second-order valence-corrected chi connectivity index (χ2v) is 5.66. The van der Waals surface area contributed by atoms with Crippen molar-refractivity contribution in [3.63, 3.8) is 0 Å². The van der Waals surface area contributed by atoms with E-state index in [1.165, 1.54) is 6.21 Å². The molecule has 3 N–H and O–H groups in total. The van der Waals surface area contributed by atoms with Crippen LogP contribution in [0, 0.1) is 0 Å². The molecule has 0 aliphatic heterocycles. The average molecular weight is 362 g/mol. The number of hydrazone groups is 1. The second kappa shape index (κ2) is 8.48. The van der Waals surface area contributed by atoms with E-state index in [-0.39, 0.29) is 12.5 Å². The molecule has 2 amide bonds. The number of hydrogen-bond acceptors (Lipinski definition) is 4. The van der Waals surface area contributed by atoms with Gasteiger partial charge in [0.05, 0.1) is 6.21 Å². The van der Waals surface area contributed by atoms with Crippen molar-refractivity contribution in [2.45, 2.75) is 0 Å². The third-order valence-electron chi connectivity index (χ3n) is 3.65. The van der Waals surface area contributed by atoms with Crippen molar-refractivity contribution in [3.8, 4) is 11.4 Å². The molecule has 3 rings (SSSR count). The lowest BCUT2D eigenvalue weighted by Crippen LogP contribution is -2.20. The number of amides is 2. The summed E-state index contributed by atoms with van der Waals surface area (Å²) in [4.78, 5) is 22.9. The van der Waals surface area contributed by atoms with Gasteiger partial charge in [-0.25, -0.2) is 5.43 Å². The van der Waals surface area contributed by atoms with Crippen LogP contribution in [0.4, 0.5) is 0 Å². The van der Waals surface area contributed by atoms with E-state index in [0.717, 1.165) is 11.3 Å². The number of ether oxygens (including phenoxy) is 1. The molecular weight excluding hydrogens is 344 g/mol. The number of nitrogens with one attached hydrogen (secondary N) is 1. The van der Waals surface area contributed by atoms with Gasteiger partial charge in [-0.05, 0) is 60.2 Å². The van der Waals surface area contributed by atoms with E-state index < -0.39 is 5.91 Å². The van der Waals surface area contributed by atoms with Crippen molar-refractivity contribution in [2.24, 2.45) is 10.8 Å². The van der Waals surface area contributed by atoms with Crippen molar-refractivity contribution >= 4 is 18.0 Å². The molecule has 0 radical (unpaired) electrons. The Bertz CT molecular complexity index is 948. The molecule has 0 saturated carbocycles. The molecule has 7 heteroatoms. The van der Waals surface area contributed by atoms with Crippen LogP contribution >= 0.6 is 0 Å². The largest absolute Gasteiger partial charge is 0.484 e. The Hall–Kier alpha value is -3.87. The molecular formula is C20H18N4O3. The summed E-state index contributed by atoms with van der Waals surface area (Å²) >= 11 is 0. The maximum atomic E-state index is 12.3. The zero-order valence-electron chi connectivity index (χ0n) is 14.4. The minimum absolute atomic E-state index is 0.175. The van der Waals surface area contributed by atoms with E-state index in [2.05, 4.69) is 10.5 Å². The van der Waals surface area contributed by atoms with Crippen LogP contribution in [0.1, 0.15) is 15.9 Å². The van der Waals surface area contributed by atoms with Gasteiger partial charge in [-0.1, -0.05) is 6.07 Å². The number of rotatable bonds is 7. The lowest BCUT2D eigenvalue weighted by atomic mass is 10.2. The molecule has 0 atom stereocenters. The van der Waals surface area contributed by atoms with E-state index in [1.54, 1.807) is 36.4 Å². The van der Waals surface area contributed by atoms with Gasteiger partial charge in [0.15, 0.2) is 6.61 Å². The van der Waals surface area contributed by atoms with Crippen LogP contribution in [0.25, 0.3) is 5.69 Å². The number of primary amides is 1. The van der Waals surface area contributed by atoms with Gasteiger partial charge in [0.25, 0.3) is 11.8 Å². The summed E-state index contributed by atoms with van der Waals surface area (Å²) in [6.07, 6.45) is 5.34. The van der Waals surface area contributed by atoms with Gasteiger partial charge in [-0.15, -0.1) is 0 Å². The Labute approximate surface area is 156 Å². The molecule has 0 aliphatic rings. The van der Waals surface area contributed by atoms with Gasteiger partial charge < -0.3 is 15.0 Å². The van der Waals surface area contributed by atoms with Crippen LogP contribution in [-0.4, -0.2) is 29.2 Å². The molecule has 0 fully saturated rings. The molecule has 0 aliphatic carbocycles. The average Bonchev–Trinajstić information content (AvgIpc) is 3.22. The fourth-order valence-corrected chi connectivity index (χ4v) is 2.35. The molecule has 136 valence electrons. The van der Waals surface area contributed by atoms with Gasteiger partial charge in [-0.3, -0.25) is 9.59 Å². The van der Waals surface area contributed by atoms with Crippen LogP contribution in [0.5, 0.6) is 5.75 Å². The lowest BCUT2D eigenvalue weighted by molar-refractivity contribution is -0.119. The molecule has 2 aromatic carbocycles. The van der Waals surface area contributed by atoms with Gasteiger partial charge in [-0.2, -0.15) is 5.10 Å². The standard InChI is InChI=1S/C20H18N4O3/c21-19(25)14-27-18-8-6-15(7-9-18)13-22-23-20(26)16-4-3-5-17(12-16)24-10-1-2-11-24/h1-13H,14H2,(H2,21,25)(H,23,26)/b22-13+. The van der Waals surface area contributed by atoms with Gasteiger partial charge in [0, 0.05) is 23.6 Å². The fraction of sp³-hybridized carbons (Fsp3) is 0.0500. The number of carbonyl (C=O) groups excluding carboxylic acids is 2. The van der Waals surface area contributed by atoms with Crippen molar-refractivity contribution in [1.29, 1.82) is 0 Å². The van der Waals surface area contributed by atoms with Crippen molar-refractivity contribution in [1.82, 2.24) is 9.99 Å². The predicted octanol–water partition coefficient (Wildman–Crippen LogP) is 2.11. The fourth-order valence-electron chi connectivity index (χ4n) is 2.35. The molecule has 0 spiro atoms. The van der Waals surface area contributed by atoms with Crippen LogP contribution in [0.3, 0.4) is 0 Å². The predicted molar refractivity (Wildman–Crippen MR) is 102 cm³/mol. The number of benzene rings is 2. The Kier molecular flexibility index (Phi) is 5.64. The van der Waals surface area contributed by atoms with Crippen molar-refractivity contribution < 1.29 is 14.3 Å². The van der Waals surface area contributed by atoms with E-state index in [9.17, 15) is 9.59 Å². The van der Waals surface area contributed by atoms with E-state index >= 15 is 0 Å². The Morgan fingerprint density at radius 1 is 1.07 bits per heavy atom. The lowest BCUT2D eigenvalue weighted by Gasteiger charge is -2.05. The monoisotopic (exact) mass is 362 g/mol. The topological polar surface area (TPSA) is 98.7 Å². The highest BCUT2D eigenvalue weighted by atomic mass is 16.5. The molecule has 0 unspecified atom stereocenters. The van der Waals surface area contributed by atoms with Crippen molar-refractivity contribution in [3.05, 3.63) is 84.2 Å². The maximum Gasteiger partial charge on any atom is 0.271 e. The zero-order chi connectivity index (χ0) is 19.1. The summed E-state index contributed by atoms with van der Waals surface area (Å²) in [6.45, 7) is -0.175. The number of nitrogens with zero attached hydrogens (tertiary/aromatic N) is 2. The molecule has 0 saturated heterocycles. The summed E-state index contributed by atoms with van der Waals surface area (Å²) < 4.78 is 7.09. The summed E-state index contributed by atoms with van der Waals surface area (Å²) in [5.41, 5.74) is 9.69. The SMILES string of the molecule is NC(=O)COc1ccc(/C=N/NC(=O)c2cccc(-n3cccc3)c2)cc1. The summed E-state index contributed by atoms with van der Waals surface area (Å²) in [6, 6.07) is 18.0. The Morgan fingerprint density at radius 2 is 1.81 bits per heavy atom. The van der Waals surface area contributed by atoms with E-state index in [1.807, 2.05) is 41.2 Å². The van der Waals surface area contributed by atoms with Crippen molar-refractivity contribution in [2.75, 3.05) is 6.61 Å². The summed E-state index contributed by atoms with van der Waals surface area (Å²) in [5.74, 6) is -0.317. The Balaban J connectivity index is 1.59. The first-order chi connectivity index (χ1) is 13.1. The quantitative estimate of drug-likeness (QED) is 0.497. The van der Waals surface area contributed by atoms with E-state index in [0.29, 0.717) is 11.3 Å². The normalized spacial score (nSPS) is 10.7. The zero-order valence-corrected chi connectivity index (χ0v) is 14.4. The third-order valence-corrected chi connectivity index (χ3v) is 3.65. The van der Waals surface area contributed by atoms with Crippen LogP contribution in [-0.2, 0) is 4.79 Å². The molecule has 0 bridgehead atoms. The van der Waals surface area contributed by atoms with E-state index in [4.69, 9.17) is 10.5 Å². The first-order valence-corrected chi connectivity index (χ1v) is 8.20. The summed E-state index contributed by atoms with van der Waals surface area (Å²) in [7, 11) is 0. The van der Waals surface area contributed by atoms with Gasteiger partial charge in [0.1, 0.15) is 5.75 Å². The number of aromatic nitrogens is 1. The Morgan fingerprint density at radius 3 is 2.52 bits per heavy atom. The molecule has 7 nitrogen and oxygen atoms in total. The molecule has 1 aromatic heterocycles. The molecule has 3 aromatic rings. The van der Waals surface area contributed by atoms with Gasteiger partial charge in [0.2, 0.25) is 0 Å². The maximum absolute atomic E-state index is 12.3. The highest BCUT2D eigenvalue weighted by Crippen LogP contribution is 2.12. The van der Waals surface area contributed by atoms with Crippen LogP contribution < -0.4 is 15.9 Å². The smallest absolute Gasteiger partial charge is 0.271 e. The minimum atomic E-state index is -0.538. The number of hydrogen-bond donors (Lipinski definition) is 2. The first-order valence-electron chi connectivity index (χ1n) is 8.20. The molecule has 1 heterocycles. The van der Waals surface area contributed by atoms with Gasteiger partial charge >= 0.3 is 0 Å². The highest BCUT2D eigenvalue weighted by Gasteiger charge is 2.05. The third kappa shape index (κ3) is 5.05.